The fourth-order valence-electron chi connectivity index (χ4n) is 1.91. The van der Waals surface area contributed by atoms with Gasteiger partial charge in [-0.25, -0.2) is 0 Å². The topological polar surface area (TPSA) is 116 Å². The first kappa shape index (κ1) is 17.7. The lowest BCUT2D eigenvalue weighted by Crippen LogP contribution is -2.44. The minimum absolute atomic E-state index is 0.0618. The van der Waals surface area contributed by atoms with Crippen molar-refractivity contribution in [1.82, 2.24) is 10.9 Å². The summed E-state index contributed by atoms with van der Waals surface area (Å²) in [6.07, 6.45) is 0.756. The molecule has 7 heteroatoms. The molecule has 0 saturated heterocycles. The molecule has 2 aromatic rings. The molecule has 25 heavy (non-hydrogen) atoms. The molecular formula is C18H16N2O5. The predicted molar refractivity (Wildman–Crippen MR) is 90.5 cm³/mol. The van der Waals surface area contributed by atoms with Crippen LogP contribution in [0.3, 0.4) is 0 Å². The summed E-state index contributed by atoms with van der Waals surface area (Å²) >= 11 is 0. The number of hydrazine groups is 1. The Morgan fingerprint density at radius 1 is 0.960 bits per heavy atom. The van der Waals surface area contributed by atoms with Gasteiger partial charge >= 0.3 is 5.91 Å². The molecular weight excluding hydrogens is 324 g/mol. The van der Waals surface area contributed by atoms with Crippen LogP contribution in [0.5, 0.6) is 5.75 Å². The highest BCUT2D eigenvalue weighted by atomic mass is 16.3. The molecule has 0 bridgehead atoms. The molecule has 0 fully saturated rings. The molecule has 2 aromatic carbocycles. The predicted octanol–water partition coefficient (Wildman–Crippen LogP) is 1.63. The Morgan fingerprint density at radius 3 is 2.24 bits per heavy atom. The number of phenolic OH excluding ortho intramolecular Hbond substituents is 1. The number of ketones is 1. The van der Waals surface area contributed by atoms with Crippen LogP contribution in [0.4, 0.5) is 0 Å². The Labute approximate surface area is 143 Å². The van der Waals surface area contributed by atoms with Crippen LogP contribution in [-0.2, 0) is 9.59 Å². The quantitative estimate of drug-likeness (QED) is 0.292. The molecule has 0 spiro atoms. The van der Waals surface area contributed by atoms with Gasteiger partial charge in [0.05, 0.1) is 5.56 Å². The van der Waals surface area contributed by atoms with E-state index in [1.807, 2.05) is 17.8 Å². The Kier molecular flexibility index (Phi) is 5.52. The number of hydrogen-bond donors (Lipinski definition) is 4. The summed E-state index contributed by atoms with van der Waals surface area (Å²) in [5, 5.41) is 19.4. The molecule has 0 unspecified atom stereocenters. The molecule has 2 amide bonds. The molecule has 4 N–H and O–H groups in total. The lowest BCUT2D eigenvalue weighted by molar-refractivity contribution is -0.135. The van der Waals surface area contributed by atoms with E-state index in [1.54, 1.807) is 24.3 Å². The van der Waals surface area contributed by atoms with Crippen molar-refractivity contribution >= 4 is 23.4 Å². The van der Waals surface area contributed by atoms with Crippen LogP contribution < -0.4 is 10.9 Å². The monoisotopic (exact) mass is 340 g/mol. The van der Waals surface area contributed by atoms with Crippen LogP contribution in [0.2, 0.25) is 0 Å². The summed E-state index contributed by atoms with van der Waals surface area (Å²) in [6, 6.07) is 12.4. The summed E-state index contributed by atoms with van der Waals surface area (Å²) in [7, 11) is 0. The Hall–Kier alpha value is -3.61. The molecule has 0 saturated carbocycles. The highest BCUT2D eigenvalue weighted by Crippen LogP contribution is 2.14. The summed E-state index contributed by atoms with van der Waals surface area (Å²) in [6.45, 7) is 1.87. The SMILES string of the molecule is Cc1ccc(C(O)=CC(=O)C(=O)NNC(=O)c2ccccc2O)cc1. The summed E-state index contributed by atoms with van der Waals surface area (Å²) in [4.78, 5) is 35.3. The zero-order valence-corrected chi connectivity index (χ0v) is 13.3. The second-order valence-corrected chi connectivity index (χ2v) is 5.19. The number of hydrogen-bond acceptors (Lipinski definition) is 5. The zero-order valence-electron chi connectivity index (χ0n) is 13.3. The van der Waals surface area contributed by atoms with Crippen molar-refractivity contribution in [3.05, 3.63) is 71.3 Å². The molecule has 0 aliphatic carbocycles. The van der Waals surface area contributed by atoms with E-state index in [4.69, 9.17) is 0 Å². The lowest BCUT2D eigenvalue weighted by Gasteiger charge is -2.07. The van der Waals surface area contributed by atoms with Crippen LogP contribution in [0.1, 0.15) is 21.5 Å². The van der Waals surface area contributed by atoms with Crippen molar-refractivity contribution in [2.75, 3.05) is 0 Å². The Morgan fingerprint density at radius 2 is 1.60 bits per heavy atom. The number of amides is 2. The van der Waals surface area contributed by atoms with Crippen molar-refractivity contribution in [3.63, 3.8) is 0 Å². The minimum atomic E-state index is -1.14. The largest absolute Gasteiger partial charge is 0.507 e. The molecule has 0 atom stereocenters. The summed E-state index contributed by atoms with van der Waals surface area (Å²) in [5.41, 5.74) is 5.23. The van der Waals surface area contributed by atoms with E-state index in [0.717, 1.165) is 11.6 Å². The third kappa shape index (κ3) is 4.68. The number of aliphatic hydroxyl groups is 1. The molecule has 128 valence electrons. The average Bonchev–Trinajstić information content (AvgIpc) is 2.60. The number of aryl methyl sites for hydroxylation is 1. The maximum atomic E-state index is 11.8. The molecule has 0 aliphatic rings. The number of benzene rings is 2. The van der Waals surface area contributed by atoms with Gasteiger partial charge in [0.15, 0.2) is 0 Å². The minimum Gasteiger partial charge on any atom is -0.507 e. The first-order chi connectivity index (χ1) is 11.9. The first-order valence-corrected chi connectivity index (χ1v) is 7.29. The third-order valence-electron chi connectivity index (χ3n) is 3.28. The van der Waals surface area contributed by atoms with Gasteiger partial charge in [-0.1, -0.05) is 42.0 Å². The van der Waals surface area contributed by atoms with Gasteiger partial charge in [-0.2, -0.15) is 0 Å². The van der Waals surface area contributed by atoms with Crippen molar-refractivity contribution in [3.8, 4) is 5.75 Å². The van der Waals surface area contributed by atoms with E-state index in [9.17, 15) is 24.6 Å². The van der Waals surface area contributed by atoms with Gasteiger partial charge in [0, 0.05) is 11.6 Å². The van der Waals surface area contributed by atoms with E-state index < -0.39 is 17.6 Å². The highest BCUT2D eigenvalue weighted by Gasteiger charge is 2.15. The van der Waals surface area contributed by atoms with E-state index >= 15 is 0 Å². The molecule has 0 aromatic heterocycles. The number of nitrogens with one attached hydrogen (secondary N) is 2. The average molecular weight is 340 g/mol. The summed E-state index contributed by atoms with van der Waals surface area (Å²) in [5.74, 6) is -3.60. The van der Waals surface area contributed by atoms with Crippen molar-refractivity contribution < 1.29 is 24.6 Å². The van der Waals surface area contributed by atoms with Crippen molar-refractivity contribution in [2.45, 2.75) is 6.92 Å². The normalized spacial score (nSPS) is 10.8. The highest BCUT2D eigenvalue weighted by molar-refractivity contribution is 6.41. The number of rotatable bonds is 4. The van der Waals surface area contributed by atoms with Crippen molar-refractivity contribution in [2.24, 2.45) is 0 Å². The van der Waals surface area contributed by atoms with Gasteiger partial charge in [-0.3, -0.25) is 25.2 Å². The lowest BCUT2D eigenvalue weighted by atomic mass is 10.1. The number of carbonyl (C=O) groups is 3. The number of para-hydroxylation sites is 1. The van der Waals surface area contributed by atoms with Gasteiger partial charge in [0.2, 0.25) is 5.78 Å². The van der Waals surface area contributed by atoms with Crippen LogP contribution >= 0.6 is 0 Å². The van der Waals surface area contributed by atoms with Crippen LogP contribution in [0.15, 0.2) is 54.6 Å². The van der Waals surface area contributed by atoms with Gasteiger partial charge in [0.25, 0.3) is 5.91 Å². The van der Waals surface area contributed by atoms with Gasteiger partial charge in [-0.05, 0) is 19.1 Å². The Balaban J connectivity index is 1.97. The fourth-order valence-corrected chi connectivity index (χ4v) is 1.91. The molecule has 2 rings (SSSR count). The molecule has 7 nitrogen and oxygen atoms in total. The van der Waals surface area contributed by atoms with Crippen LogP contribution in [0.25, 0.3) is 5.76 Å². The molecule has 0 heterocycles. The third-order valence-corrected chi connectivity index (χ3v) is 3.28. The fraction of sp³-hybridized carbons (Fsp3) is 0.0556. The van der Waals surface area contributed by atoms with E-state index in [1.165, 1.54) is 24.3 Å². The second-order valence-electron chi connectivity index (χ2n) is 5.19. The maximum absolute atomic E-state index is 11.8. The molecule has 0 radical (unpaired) electrons. The maximum Gasteiger partial charge on any atom is 0.310 e. The molecule has 0 aliphatic heterocycles. The van der Waals surface area contributed by atoms with Gasteiger partial charge in [-0.15, -0.1) is 0 Å². The number of aliphatic hydroxyl groups excluding tert-OH is 1. The standard InChI is InChI=1S/C18H16N2O5/c1-11-6-8-12(9-7-11)15(22)10-16(23)18(25)20-19-17(24)13-4-2-3-5-14(13)21/h2-10,21-22H,1H3,(H,19,24)(H,20,25). The second kappa shape index (κ2) is 7.78. The summed E-state index contributed by atoms with van der Waals surface area (Å²) < 4.78 is 0. The van der Waals surface area contributed by atoms with Crippen LogP contribution in [-0.4, -0.2) is 27.8 Å². The number of carbonyl (C=O) groups excluding carboxylic acids is 3. The Bertz CT molecular complexity index is 841. The van der Waals surface area contributed by atoms with E-state index in [2.05, 4.69) is 0 Å². The first-order valence-electron chi connectivity index (χ1n) is 7.29. The number of phenols is 1. The van der Waals surface area contributed by atoms with Gasteiger partial charge < -0.3 is 10.2 Å². The van der Waals surface area contributed by atoms with Gasteiger partial charge in [0.1, 0.15) is 11.5 Å². The smallest absolute Gasteiger partial charge is 0.310 e. The van der Waals surface area contributed by atoms with Crippen molar-refractivity contribution in [1.29, 1.82) is 0 Å². The van der Waals surface area contributed by atoms with Crippen LogP contribution in [0, 0.1) is 6.92 Å². The number of aromatic hydroxyl groups is 1. The zero-order chi connectivity index (χ0) is 18.4. The van der Waals surface area contributed by atoms with E-state index in [0.29, 0.717) is 5.56 Å². The van der Waals surface area contributed by atoms with E-state index in [-0.39, 0.29) is 17.1 Å².